The van der Waals surface area contributed by atoms with Crippen LogP contribution in [0.25, 0.3) is 0 Å². The molecule has 5 heteroatoms. The number of ketones is 2. The van der Waals surface area contributed by atoms with E-state index in [-0.39, 0.29) is 5.56 Å². The van der Waals surface area contributed by atoms with Crippen LogP contribution in [0.4, 0.5) is 0 Å². The average molecular weight is 222 g/mol. The molecule has 0 saturated carbocycles. The highest BCUT2D eigenvalue weighted by molar-refractivity contribution is 6.37. The number of benzene rings is 1. The van der Waals surface area contributed by atoms with E-state index in [0.29, 0.717) is 5.75 Å². The highest BCUT2D eigenvalue weighted by Crippen LogP contribution is 2.12. The molecule has 1 aromatic carbocycles. The monoisotopic (exact) mass is 222 g/mol. The summed E-state index contributed by atoms with van der Waals surface area (Å²) >= 11 is 0. The SMILES string of the molecule is COc1ccc(C(=O)CC(=O)C(=O)O)cc1. The maximum absolute atomic E-state index is 11.4. The van der Waals surface area contributed by atoms with Gasteiger partial charge in [0.05, 0.1) is 13.5 Å². The van der Waals surface area contributed by atoms with Crippen LogP contribution in [0.3, 0.4) is 0 Å². The van der Waals surface area contributed by atoms with E-state index in [9.17, 15) is 14.4 Å². The van der Waals surface area contributed by atoms with Crippen molar-refractivity contribution in [2.75, 3.05) is 7.11 Å². The highest BCUT2D eigenvalue weighted by atomic mass is 16.5. The van der Waals surface area contributed by atoms with Gasteiger partial charge in [0.2, 0.25) is 5.78 Å². The van der Waals surface area contributed by atoms with E-state index in [2.05, 4.69) is 0 Å². The summed E-state index contributed by atoms with van der Waals surface area (Å²) in [6.45, 7) is 0. The second kappa shape index (κ2) is 5.06. The third kappa shape index (κ3) is 2.91. The first-order valence-corrected chi connectivity index (χ1v) is 4.48. The van der Waals surface area contributed by atoms with Gasteiger partial charge in [0.1, 0.15) is 5.75 Å². The minimum Gasteiger partial charge on any atom is -0.497 e. The summed E-state index contributed by atoms with van der Waals surface area (Å²) in [6.07, 6.45) is -0.623. The third-order valence-corrected chi connectivity index (χ3v) is 1.97. The highest BCUT2D eigenvalue weighted by Gasteiger charge is 2.17. The van der Waals surface area contributed by atoms with Crippen LogP contribution in [0.2, 0.25) is 0 Å². The van der Waals surface area contributed by atoms with Crippen LogP contribution in [-0.2, 0) is 9.59 Å². The van der Waals surface area contributed by atoms with Crippen molar-refractivity contribution < 1.29 is 24.2 Å². The molecule has 0 aliphatic heterocycles. The number of hydrogen-bond donors (Lipinski definition) is 1. The molecule has 1 N–H and O–H groups in total. The summed E-state index contributed by atoms with van der Waals surface area (Å²) in [5.41, 5.74) is 0.287. The average Bonchev–Trinajstić information content (AvgIpc) is 2.28. The Morgan fingerprint density at radius 3 is 2.19 bits per heavy atom. The Balaban J connectivity index is 2.73. The van der Waals surface area contributed by atoms with Gasteiger partial charge in [-0.05, 0) is 24.3 Å². The zero-order chi connectivity index (χ0) is 12.1. The van der Waals surface area contributed by atoms with E-state index in [0.717, 1.165) is 0 Å². The van der Waals surface area contributed by atoms with E-state index < -0.39 is 24.0 Å². The van der Waals surface area contributed by atoms with Gasteiger partial charge in [-0.15, -0.1) is 0 Å². The van der Waals surface area contributed by atoms with Gasteiger partial charge in [-0.2, -0.15) is 0 Å². The van der Waals surface area contributed by atoms with Gasteiger partial charge in [-0.25, -0.2) is 4.79 Å². The minimum atomic E-state index is -1.60. The number of hydrogen-bond acceptors (Lipinski definition) is 4. The normalized spacial score (nSPS) is 9.56. The molecule has 0 radical (unpaired) electrons. The summed E-state index contributed by atoms with van der Waals surface area (Å²) in [5, 5.41) is 8.34. The van der Waals surface area contributed by atoms with E-state index in [1.165, 1.54) is 19.2 Å². The molecule has 0 heterocycles. The third-order valence-electron chi connectivity index (χ3n) is 1.97. The standard InChI is InChI=1S/C11H10O5/c1-16-8-4-2-7(3-5-8)9(12)6-10(13)11(14)15/h2-5H,6H2,1H3,(H,14,15). The summed E-state index contributed by atoms with van der Waals surface area (Å²) in [4.78, 5) is 32.5. The molecular weight excluding hydrogens is 212 g/mol. The molecule has 0 spiro atoms. The van der Waals surface area contributed by atoms with Crippen LogP contribution in [0.15, 0.2) is 24.3 Å². The van der Waals surface area contributed by atoms with Gasteiger partial charge in [-0.1, -0.05) is 0 Å². The lowest BCUT2D eigenvalue weighted by Gasteiger charge is -2.01. The van der Waals surface area contributed by atoms with Gasteiger partial charge in [0, 0.05) is 5.56 Å². The van der Waals surface area contributed by atoms with Crippen molar-refractivity contribution in [3.8, 4) is 5.75 Å². The lowest BCUT2D eigenvalue weighted by molar-refractivity contribution is -0.148. The first kappa shape index (κ1) is 11.9. The fraction of sp³-hybridized carbons (Fsp3) is 0.182. The maximum Gasteiger partial charge on any atom is 0.372 e. The maximum atomic E-state index is 11.4. The number of carboxylic acids is 1. The smallest absolute Gasteiger partial charge is 0.372 e. The Bertz CT molecular complexity index is 419. The first-order valence-electron chi connectivity index (χ1n) is 4.48. The van der Waals surface area contributed by atoms with Crippen molar-refractivity contribution in [1.29, 1.82) is 0 Å². The second-order valence-electron chi connectivity index (χ2n) is 3.06. The molecule has 0 bridgehead atoms. The lowest BCUT2D eigenvalue weighted by atomic mass is 10.1. The molecular formula is C11H10O5. The van der Waals surface area contributed by atoms with Gasteiger partial charge in [0.25, 0.3) is 0 Å². The molecule has 1 rings (SSSR count). The topological polar surface area (TPSA) is 80.7 Å². The van der Waals surface area contributed by atoms with Crippen molar-refractivity contribution in [3.63, 3.8) is 0 Å². The minimum absolute atomic E-state index is 0.287. The van der Waals surface area contributed by atoms with Crippen LogP contribution in [0.1, 0.15) is 16.8 Å². The molecule has 0 aliphatic rings. The number of methoxy groups -OCH3 is 1. The van der Waals surface area contributed by atoms with Crippen LogP contribution in [0.5, 0.6) is 5.75 Å². The number of aliphatic carboxylic acids is 1. The molecule has 0 aliphatic carbocycles. The van der Waals surface area contributed by atoms with Gasteiger partial charge in [-0.3, -0.25) is 9.59 Å². The van der Waals surface area contributed by atoms with E-state index in [1.807, 2.05) is 0 Å². The quantitative estimate of drug-likeness (QED) is 0.455. The van der Waals surface area contributed by atoms with Crippen molar-refractivity contribution in [1.82, 2.24) is 0 Å². The molecule has 0 aromatic heterocycles. The fourth-order valence-corrected chi connectivity index (χ4v) is 1.10. The number of carboxylic acid groups (broad SMARTS) is 1. The molecule has 16 heavy (non-hydrogen) atoms. The summed E-state index contributed by atoms with van der Waals surface area (Å²) in [6, 6.07) is 6.10. The van der Waals surface area contributed by atoms with Crippen LogP contribution in [0, 0.1) is 0 Å². The summed E-state index contributed by atoms with van der Waals surface area (Å²) < 4.78 is 4.90. The lowest BCUT2D eigenvalue weighted by Crippen LogP contribution is -2.17. The van der Waals surface area contributed by atoms with Crippen LogP contribution < -0.4 is 4.74 Å². The van der Waals surface area contributed by atoms with Gasteiger partial charge in [0.15, 0.2) is 5.78 Å². The second-order valence-corrected chi connectivity index (χ2v) is 3.06. The van der Waals surface area contributed by atoms with Crippen LogP contribution >= 0.6 is 0 Å². The van der Waals surface area contributed by atoms with Gasteiger partial charge >= 0.3 is 5.97 Å². The predicted molar refractivity (Wildman–Crippen MR) is 54.6 cm³/mol. The van der Waals surface area contributed by atoms with Crippen molar-refractivity contribution in [2.45, 2.75) is 6.42 Å². The number of carbonyl (C=O) groups excluding carboxylic acids is 2. The molecule has 0 atom stereocenters. The number of Topliss-reactive ketones (excluding diaryl/α,β-unsaturated/α-hetero) is 2. The number of carbonyl (C=O) groups is 3. The number of rotatable bonds is 5. The van der Waals surface area contributed by atoms with Crippen molar-refractivity contribution in [2.24, 2.45) is 0 Å². The van der Waals surface area contributed by atoms with E-state index >= 15 is 0 Å². The Kier molecular flexibility index (Phi) is 3.77. The van der Waals surface area contributed by atoms with E-state index in [1.54, 1.807) is 12.1 Å². The van der Waals surface area contributed by atoms with Crippen LogP contribution in [-0.4, -0.2) is 29.8 Å². The first-order chi connectivity index (χ1) is 7.54. The van der Waals surface area contributed by atoms with E-state index in [4.69, 9.17) is 9.84 Å². The Labute approximate surface area is 91.6 Å². The van der Waals surface area contributed by atoms with Crippen molar-refractivity contribution in [3.05, 3.63) is 29.8 Å². The molecule has 84 valence electrons. The molecule has 0 unspecified atom stereocenters. The van der Waals surface area contributed by atoms with Crippen molar-refractivity contribution >= 4 is 17.5 Å². The molecule has 1 aromatic rings. The number of ether oxygens (including phenoxy) is 1. The molecule has 5 nitrogen and oxygen atoms in total. The molecule has 0 amide bonds. The Hall–Kier alpha value is -2.17. The fourth-order valence-electron chi connectivity index (χ4n) is 1.10. The zero-order valence-electron chi connectivity index (χ0n) is 8.60. The summed E-state index contributed by atoms with van der Waals surface area (Å²) in [5.74, 6) is -2.64. The Morgan fingerprint density at radius 1 is 1.19 bits per heavy atom. The predicted octanol–water partition coefficient (Wildman–Crippen LogP) is 0.922. The molecule has 0 saturated heterocycles. The summed E-state index contributed by atoms with van der Waals surface area (Å²) in [7, 11) is 1.49. The van der Waals surface area contributed by atoms with Gasteiger partial charge < -0.3 is 9.84 Å². The molecule has 0 fully saturated rings. The largest absolute Gasteiger partial charge is 0.497 e. The Morgan fingerprint density at radius 2 is 1.75 bits per heavy atom. The zero-order valence-corrected chi connectivity index (χ0v) is 8.60.